The maximum atomic E-state index is 12.2. The van der Waals surface area contributed by atoms with Gasteiger partial charge in [-0.3, -0.25) is 4.79 Å². The number of hydrogen-bond acceptors (Lipinski definition) is 3. The lowest BCUT2D eigenvalue weighted by Gasteiger charge is -2.12. The fraction of sp³-hybridized carbons (Fsp3) is 0.286. The van der Waals surface area contributed by atoms with E-state index in [1.54, 1.807) is 12.1 Å². The Morgan fingerprint density at radius 3 is 2.70 bits per heavy atom. The van der Waals surface area contributed by atoms with Crippen LogP contribution in [0, 0.1) is 0 Å². The third-order valence-electron chi connectivity index (χ3n) is 2.83. The molecule has 0 bridgehead atoms. The van der Waals surface area contributed by atoms with E-state index in [-0.39, 0.29) is 16.5 Å². The van der Waals surface area contributed by atoms with Gasteiger partial charge in [0.1, 0.15) is 0 Å². The first-order valence-electron chi connectivity index (χ1n) is 6.26. The molecule has 0 unspecified atom stereocenters. The Bertz CT molecular complexity index is 584. The number of ether oxygens (including phenoxy) is 1. The first kappa shape index (κ1) is 14.9. The molecule has 1 aromatic rings. The van der Waals surface area contributed by atoms with Crippen LogP contribution < -0.4 is 4.90 Å². The largest absolute Gasteiger partial charge is 0.427 e. The Kier molecular flexibility index (Phi) is 4.68. The van der Waals surface area contributed by atoms with Gasteiger partial charge in [-0.1, -0.05) is 36.5 Å². The monoisotopic (exact) mass is 313 g/mol. The number of carbonyl (C=O) groups is 2. The van der Waals surface area contributed by atoms with Crippen molar-refractivity contribution in [1.29, 1.82) is 0 Å². The van der Waals surface area contributed by atoms with Crippen molar-refractivity contribution in [2.24, 2.45) is 0 Å². The molecule has 2 amide bonds. The van der Waals surface area contributed by atoms with Gasteiger partial charge in [-0.15, -0.1) is 0 Å². The molecule has 1 heterocycles. The highest BCUT2D eigenvalue weighted by atomic mass is 35.5. The van der Waals surface area contributed by atoms with Gasteiger partial charge in [0.25, 0.3) is 0 Å². The van der Waals surface area contributed by atoms with Crippen LogP contribution in [0.25, 0.3) is 0 Å². The highest BCUT2D eigenvalue weighted by Crippen LogP contribution is 2.33. The van der Waals surface area contributed by atoms with Crippen LogP contribution in [0.3, 0.4) is 0 Å². The van der Waals surface area contributed by atoms with Gasteiger partial charge in [-0.2, -0.15) is 0 Å². The van der Waals surface area contributed by atoms with Crippen molar-refractivity contribution >= 4 is 40.9 Å². The number of allylic oxidation sites excluding steroid dienone is 1. The van der Waals surface area contributed by atoms with Gasteiger partial charge in [0.2, 0.25) is 0 Å². The molecule has 0 aliphatic carbocycles. The molecular formula is C14H13Cl2NO3. The van der Waals surface area contributed by atoms with Crippen LogP contribution in [0.5, 0.6) is 0 Å². The predicted molar refractivity (Wildman–Crippen MR) is 78.0 cm³/mol. The van der Waals surface area contributed by atoms with E-state index in [2.05, 4.69) is 0 Å². The van der Waals surface area contributed by atoms with E-state index in [4.69, 9.17) is 27.9 Å². The van der Waals surface area contributed by atoms with Crippen molar-refractivity contribution in [2.75, 3.05) is 4.90 Å². The van der Waals surface area contributed by atoms with E-state index in [9.17, 15) is 9.59 Å². The van der Waals surface area contributed by atoms with Crippen LogP contribution in [0.1, 0.15) is 26.2 Å². The fourth-order valence-corrected chi connectivity index (χ4v) is 2.31. The zero-order chi connectivity index (χ0) is 14.7. The fourth-order valence-electron chi connectivity index (χ4n) is 1.81. The Balaban J connectivity index is 2.27. The van der Waals surface area contributed by atoms with Gasteiger partial charge in [0, 0.05) is 5.02 Å². The Labute approximate surface area is 126 Å². The predicted octanol–water partition coefficient (Wildman–Crippen LogP) is 4.55. The molecular weight excluding hydrogens is 301 g/mol. The number of anilines is 1. The molecule has 1 fully saturated rings. The summed E-state index contributed by atoms with van der Waals surface area (Å²) in [7, 11) is 0. The Morgan fingerprint density at radius 2 is 2.05 bits per heavy atom. The third-order valence-corrected chi connectivity index (χ3v) is 3.37. The van der Waals surface area contributed by atoms with Crippen molar-refractivity contribution in [1.82, 2.24) is 0 Å². The molecule has 2 rings (SSSR count). The molecule has 0 radical (unpaired) electrons. The third kappa shape index (κ3) is 2.97. The molecule has 1 aliphatic heterocycles. The van der Waals surface area contributed by atoms with Crippen LogP contribution in [0.4, 0.5) is 10.5 Å². The SMILES string of the molecule is CCCCC=C1OC(=O)N(c2ccc(Cl)cc2Cl)C1=O. The number of hydrogen-bond donors (Lipinski definition) is 0. The lowest BCUT2D eigenvalue weighted by molar-refractivity contribution is -0.114. The number of amides is 2. The van der Waals surface area contributed by atoms with Crippen LogP contribution >= 0.6 is 23.2 Å². The molecule has 0 spiro atoms. The van der Waals surface area contributed by atoms with Gasteiger partial charge < -0.3 is 4.74 Å². The molecule has 0 atom stereocenters. The number of rotatable bonds is 4. The topological polar surface area (TPSA) is 46.6 Å². The minimum atomic E-state index is -0.748. The Morgan fingerprint density at radius 1 is 1.30 bits per heavy atom. The first-order chi connectivity index (χ1) is 9.54. The average molecular weight is 314 g/mol. The summed E-state index contributed by atoms with van der Waals surface area (Å²) >= 11 is 11.8. The maximum Gasteiger partial charge on any atom is 0.427 e. The summed E-state index contributed by atoms with van der Waals surface area (Å²) < 4.78 is 4.98. The number of imide groups is 1. The van der Waals surface area contributed by atoms with Crippen molar-refractivity contribution in [2.45, 2.75) is 26.2 Å². The zero-order valence-electron chi connectivity index (χ0n) is 10.9. The summed E-state index contributed by atoms with van der Waals surface area (Å²) in [6.45, 7) is 2.04. The molecule has 0 N–H and O–H groups in total. The maximum absolute atomic E-state index is 12.2. The first-order valence-corrected chi connectivity index (χ1v) is 7.01. The van der Waals surface area contributed by atoms with Gasteiger partial charge in [-0.25, -0.2) is 9.69 Å². The van der Waals surface area contributed by atoms with Crippen LogP contribution in [0.15, 0.2) is 30.0 Å². The molecule has 20 heavy (non-hydrogen) atoms. The molecule has 1 saturated heterocycles. The van der Waals surface area contributed by atoms with Crippen LogP contribution in [-0.4, -0.2) is 12.0 Å². The number of unbranched alkanes of at least 4 members (excludes halogenated alkanes) is 2. The minimum Gasteiger partial charge on any atom is -0.404 e. The normalized spacial score (nSPS) is 16.9. The van der Waals surface area contributed by atoms with Crippen molar-refractivity contribution in [3.05, 3.63) is 40.1 Å². The summed E-state index contributed by atoms with van der Waals surface area (Å²) in [5.41, 5.74) is 0.268. The summed E-state index contributed by atoms with van der Waals surface area (Å²) in [6, 6.07) is 4.54. The highest BCUT2D eigenvalue weighted by Gasteiger charge is 2.38. The molecule has 1 aromatic carbocycles. The van der Waals surface area contributed by atoms with E-state index < -0.39 is 12.0 Å². The van der Waals surface area contributed by atoms with E-state index in [0.29, 0.717) is 11.4 Å². The number of nitrogens with zero attached hydrogens (tertiary/aromatic N) is 1. The van der Waals surface area contributed by atoms with E-state index >= 15 is 0 Å². The van der Waals surface area contributed by atoms with E-state index in [1.807, 2.05) is 6.92 Å². The van der Waals surface area contributed by atoms with Gasteiger partial charge in [0.05, 0.1) is 10.7 Å². The van der Waals surface area contributed by atoms with E-state index in [1.165, 1.54) is 12.1 Å². The standard InChI is InChI=1S/C14H13Cl2NO3/c1-2-3-4-5-12-13(18)17(14(19)20-12)11-7-6-9(15)8-10(11)16/h5-8H,2-4H2,1H3. The highest BCUT2D eigenvalue weighted by molar-refractivity contribution is 6.38. The second-order valence-corrected chi connectivity index (χ2v) is 5.16. The van der Waals surface area contributed by atoms with E-state index in [0.717, 1.165) is 17.7 Å². The molecule has 106 valence electrons. The summed E-state index contributed by atoms with van der Waals surface area (Å²) in [6.07, 6.45) is 3.50. The quantitative estimate of drug-likeness (QED) is 0.605. The molecule has 4 nitrogen and oxygen atoms in total. The molecule has 1 aliphatic rings. The van der Waals surface area contributed by atoms with Crippen molar-refractivity contribution in [3.8, 4) is 0 Å². The number of halogens is 2. The minimum absolute atomic E-state index is 0.0504. The van der Waals surface area contributed by atoms with Crippen LogP contribution in [-0.2, 0) is 9.53 Å². The second-order valence-electron chi connectivity index (χ2n) is 4.31. The Hall–Kier alpha value is -1.52. The lowest BCUT2D eigenvalue weighted by Crippen LogP contribution is -2.28. The number of carbonyl (C=O) groups excluding carboxylic acids is 2. The molecule has 0 saturated carbocycles. The summed E-state index contributed by atoms with van der Waals surface area (Å²) in [5.74, 6) is -0.454. The molecule has 6 heteroatoms. The van der Waals surface area contributed by atoms with Gasteiger partial charge in [0.15, 0.2) is 5.76 Å². The second kappa shape index (κ2) is 6.29. The zero-order valence-corrected chi connectivity index (χ0v) is 12.4. The number of cyclic esters (lactones) is 1. The average Bonchev–Trinajstić information content (AvgIpc) is 2.66. The van der Waals surface area contributed by atoms with Crippen molar-refractivity contribution in [3.63, 3.8) is 0 Å². The summed E-state index contributed by atoms with van der Waals surface area (Å²) in [5, 5.41) is 0.648. The van der Waals surface area contributed by atoms with Gasteiger partial charge >= 0.3 is 12.0 Å². The molecule has 0 aromatic heterocycles. The smallest absolute Gasteiger partial charge is 0.404 e. The van der Waals surface area contributed by atoms with Crippen molar-refractivity contribution < 1.29 is 14.3 Å². The van der Waals surface area contributed by atoms with Crippen LogP contribution in [0.2, 0.25) is 10.0 Å². The summed E-state index contributed by atoms with van der Waals surface area (Å²) in [4.78, 5) is 24.9. The van der Waals surface area contributed by atoms with Gasteiger partial charge in [-0.05, 0) is 37.1 Å². The lowest BCUT2D eigenvalue weighted by atomic mass is 10.2. The number of benzene rings is 1.